The zero-order valence-corrected chi connectivity index (χ0v) is 14.4. The molecule has 1 fully saturated rings. The number of rotatable bonds is 7. The maximum atomic E-state index is 9.45. The molecule has 1 aromatic carbocycles. The number of ether oxygens (including phenoxy) is 1. The molecule has 2 atom stereocenters. The van der Waals surface area contributed by atoms with Crippen molar-refractivity contribution in [2.75, 3.05) is 7.11 Å². The Morgan fingerprint density at radius 2 is 2.21 bits per heavy atom. The predicted molar refractivity (Wildman–Crippen MR) is 91.8 cm³/mol. The Kier molecular flexibility index (Phi) is 5.53. The van der Waals surface area contributed by atoms with Crippen molar-refractivity contribution in [1.82, 2.24) is 10.5 Å². The van der Waals surface area contributed by atoms with E-state index >= 15 is 0 Å². The van der Waals surface area contributed by atoms with Crippen LogP contribution in [0.2, 0.25) is 0 Å². The Morgan fingerprint density at radius 3 is 2.92 bits per heavy atom. The highest BCUT2D eigenvalue weighted by molar-refractivity contribution is 5.36. The van der Waals surface area contributed by atoms with Gasteiger partial charge in [0.15, 0.2) is 0 Å². The quantitative estimate of drug-likeness (QED) is 0.817. The highest BCUT2D eigenvalue weighted by atomic mass is 16.5. The molecule has 0 amide bonds. The Labute approximate surface area is 143 Å². The van der Waals surface area contributed by atoms with Crippen LogP contribution in [0.15, 0.2) is 28.8 Å². The van der Waals surface area contributed by atoms with E-state index < -0.39 is 0 Å². The number of aliphatic hydroxyl groups excluding tert-OH is 1. The molecule has 24 heavy (non-hydrogen) atoms. The molecule has 0 radical (unpaired) electrons. The van der Waals surface area contributed by atoms with Crippen LogP contribution in [-0.2, 0) is 19.6 Å². The lowest BCUT2D eigenvalue weighted by Crippen LogP contribution is -2.32. The fraction of sp³-hybridized carbons (Fsp3) is 0.526. The molecule has 2 N–H and O–H groups in total. The number of aryl methyl sites for hydroxylation is 1. The van der Waals surface area contributed by atoms with Gasteiger partial charge in [0.1, 0.15) is 11.5 Å². The fourth-order valence-electron chi connectivity index (χ4n) is 3.64. The molecular weight excluding hydrogens is 304 g/mol. The summed E-state index contributed by atoms with van der Waals surface area (Å²) in [5.41, 5.74) is 2.94. The van der Waals surface area contributed by atoms with E-state index in [4.69, 9.17) is 9.26 Å². The van der Waals surface area contributed by atoms with Crippen molar-refractivity contribution >= 4 is 0 Å². The van der Waals surface area contributed by atoms with E-state index in [1.54, 1.807) is 7.11 Å². The summed E-state index contributed by atoms with van der Waals surface area (Å²) < 4.78 is 10.6. The number of aromatic nitrogens is 1. The van der Waals surface area contributed by atoms with E-state index in [1.165, 1.54) is 24.8 Å². The second-order valence-corrected chi connectivity index (χ2v) is 6.62. The molecule has 130 valence electrons. The van der Waals surface area contributed by atoms with Crippen molar-refractivity contribution < 1.29 is 14.4 Å². The molecule has 5 nitrogen and oxygen atoms in total. The van der Waals surface area contributed by atoms with Gasteiger partial charge < -0.3 is 19.7 Å². The van der Waals surface area contributed by atoms with Crippen molar-refractivity contribution in [2.45, 2.75) is 51.8 Å². The zero-order chi connectivity index (χ0) is 16.9. The maximum absolute atomic E-state index is 9.45. The van der Waals surface area contributed by atoms with Gasteiger partial charge in [0.2, 0.25) is 0 Å². The summed E-state index contributed by atoms with van der Waals surface area (Å²) in [5, 5.41) is 17.1. The molecule has 5 heteroatoms. The SMILES string of the molecule is COc1ccc(CN[C@@H]2CCC[C@H]2Cc2cc(C)no2)cc1CO. The van der Waals surface area contributed by atoms with Gasteiger partial charge in [-0.2, -0.15) is 0 Å². The van der Waals surface area contributed by atoms with Gasteiger partial charge >= 0.3 is 0 Å². The third kappa shape index (κ3) is 3.97. The van der Waals surface area contributed by atoms with Crippen LogP contribution in [0.4, 0.5) is 0 Å². The topological polar surface area (TPSA) is 67.5 Å². The first-order valence-corrected chi connectivity index (χ1v) is 8.62. The van der Waals surface area contributed by atoms with Gasteiger partial charge in [-0.05, 0) is 43.4 Å². The van der Waals surface area contributed by atoms with Gasteiger partial charge in [0.25, 0.3) is 0 Å². The van der Waals surface area contributed by atoms with Crippen molar-refractivity contribution in [2.24, 2.45) is 5.92 Å². The van der Waals surface area contributed by atoms with Crippen LogP contribution in [0.1, 0.15) is 41.8 Å². The van der Waals surface area contributed by atoms with Gasteiger partial charge in [0, 0.05) is 30.6 Å². The Balaban J connectivity index is 1.59. The lowest BCUT2D eigenvalue weighted by molar-refractivity contribution is 0.273. The summed E-state index contributed by atoms with van der Waals surface area (Å²) in [7, 11) is 1.63. The van der Waals surface area contributed by atoms with Gasteiger partial charge in [-0.1, -0.05) is 17.6 Å². The monoisotopic (exact) mass is 330 g/mol. The minimum absolute atomic E-state index is 0.00604. The maximum Gasteiger partial charge on any atom is 0.137 e. The average Bonchev–Trinajstić information content (AvgIpc) is 3.21. The second-order valence-electron chi connectivity index (χ2n) is 6.62. The van der Waals surface area contributed by atoms with Crippen LogP contribution in [0.3, 0.4) is 0 Å². The summed E-state index contributed by atoms with van der Waals surface area (Å²) in [6.07, 6.45) is 4.62. The van der Waals surface area contributed by atoms with Crippen LogP contribution in [0.25, 0.3) is 0 Å². The van der Waals surface area contributed by atoms with Crippen LogP contribution in [0, 0.1) is 12.8 Å². The largest absolute Gasteiger partial charge is 0.496 e. The Hall–Kier alpha value is -1.85. The minimum atomic E-state index is -0.00604. The van der Waals surface area contributed by atoms with E-state index in [2.05, 4.69) is 16.5 Å². The van der Waals surface area contributed by atoms with E-state index in [1.807, 2.05) is 25.1 Å². The van der Waals surface area contributed by atoms with Crippen LogP contribution in [0.5, 0.6) is 5.75 Å². The van der Waals surface area contributed by atoms with Gasteiger partial charge in [-0.25, -0.2) is 0 Å². The fourth-order valence-corrected chi connectivity index (χ4v) is 3.64. The molecular formula is C19H26N2O3. The van der Waals surface area contributed by atoms with Crippen molar-refractivity contribution in [1.29, 1.82) is 0 Å². The molecule has 1 aliphatic carbocycles. The first kappa shape index (κ1) is 17.0. The summed E-state index contributed by atoms with van der Waals surface area (Å²) >= 11 is 0. The number of hydrogen-bond acceptors (Lipinski definition) is 5. The van der Waals surface area contributed by atoms with Crippen LogP contribution < -0.4 is 10.1 Å². The molecule has 0 saturated heterocycles. The number of aliphatic hydroxyl groups is 1. The number of benzene rings is 1. The van der Waals surface area contributed by atoms with Crippen molar-refractivity contribution in [3.63, 3.8) is 0 Å². The highest BCUT2D eigenvalue weighted by Crippen LogP contribution is 2.29. The number of methoxy groups -OCH3 is 1. The third-order valence-electron chi connectivity index (χ3n) is 4.88. The molecule has 2 aromatic rings. The third-order valence-corrected chi connectivity index (χ3v) is 4.88. The lowest BCUT2D eigenvalue weighted by atomic mass is 9.97. The summed E-state index contributed by atoms with van der Waals surface area (Å²) in [4.78, 5) is 0. The number of nitrogens with one attached hydrogen (secondary N) is 1. The zero-order valence-electron chi connectivity index (χ0n) is 14.4. The minimum Gasteiger partial charge on any atom is -0.496 e. The van der Waals surface area contributed by atoms with E-state index in [9.17, 15) is 5.11 Å². The summed E-state index contributed by atoms with van der Waals surface area (Å²) in [6.45, 7) is 2.75. The molecule has 0 aliphatic heterocycles. The van der Waals surface area contributed by atoms with Gasteiger partial charge in [0.05, 0.1) is 19.4 Å². The first-order chi connectivity index (χ1) is 11.7. The molecule has 1 heterocycles. The van der Waals surface area contributed by atoms with E-state index in [0.29, 0.717) is 12.0 Å². The Bertz CT molecular complexity index is 668. The van der Waals surface area contributed by atoms with Gasteiger partial charge in [-0.15, -0.1) is 0 Å². The smallest absolute Gasteiger partial charge is 0.137 e. The molecule has 0 unspecified atom stereocenters. The van der Waals surface area contributed by atoms with Crippen molar-refractivity contribution in [3.05, 3.63) is 46.8 Å². The number of hydrogen-bond donors (Lipinski definition) is 2. The molecule has 1 saturated carbocycles. The lowest BCUT2D eigenvalue weighted by Gasteiger charge is -2.20. The second kappa shape index (κ2) is 7.81. The first-order valence-electron chi connectivity index (χ1n) is 8.62. The molecule has 3 rings (SSSR count). The molecule has 0 bridgehead atoms. The predicted octanol–water partition coefficient (Wildman–Crippen LogP) is 2.98. The van der Waals surface area contributed by atoms with E-state index in [0.717, 1.165) is 35.7 Å². The highest BCUT2D eigenvalue weighted by Gasteiger charge is 2.28. The van der Waals surface area contributed by atoms with Gasteiger partial charge in [-0.3, -0.25) is 0 Å². The standard InChI is InChI=1S/C19H26N2O3/c1-13-8-17(24-21-13)10-15-4-3-5-18(15)20-11-14-6-7-19(23-2)16(9-14)12-22/h6-9,15,18,20,22H,3-5,10-12H2,1-2H3/t15-,18+/m0/s1. The molecule has 1 aromatic heterocycles. The summed E-state index contributed by atoms with van der Waals surface area (Å²) in [6, 6.07) is 8.51. The van der Waals surface area contributed by atoms with Crippen LogP contribution >= 0.6 is 0 Å². The normalized spacial score (nSPS) is 20.5. The number of nitrogens with zero attached hydrogens (tertiary/aromatic N) is 1. The molecule has 1 aliphatic rings. The molecule has 0 spiro atoms. The van der Waals surface area contributed by atoms with Crippen LogP contribution in [-0.4, -0.2) is 23.4 Å². The van der Waals surface area contributed by atoms with Crippen molar-refractivity contribution in [3.8, 4) is 5.75 Å². The Morgan fingerprint density at radius 1 is 1.33 bits per heavy atom. The average molecular weight is 330 g/mol. The summed E-state index contributed by atoms with van der Waals surface area (Å²) in [5.74, 6) is 2.31. The van der Waals surface area contributed by atoms with E-state index in [-0.39, 0.29) is 6.61 Å².